The summed E-state index contributed by atoms with van der Waals surface area (Å²) in [4.78, 5) is 15.6. The molecule has 5 nitrogen and oxygen atoms in total. The Bertz CT molecular complexity index is 317. The van der Waals surface area contributed by atoms with Crippen LogP contribution < -0.4 is 5.48 Å². The number of rotatable bonds is 3. The predicted octanol–water partition coefficient (Wildman–Crippen LogP) is 0.843. The van der Waals surface area contributed by atoms with Crippen molar-refractivity contribution in [3.63, 3.8) is 0 Å². The first-order chi connectivity index (χ1) is 6.31. The van der Waals surface area contributed by atoms with Crippen molar-refractivity contribution < 1.29 is 14.2 Å². The van der Waals surface area contributed by atoms with E-state index in [0.29, 0.717) is 5.92 Å². The molecule has 2 rings (SSSR count). The van der Waals surface area contributed by atoms with Crippen LogP contribution >= 0.6 is 0 Å². The number of hydrogen-bond donors (Lipinski definition) is 1. The minimum absolute atomic E-state index is 0.267. The number of aromatic nitrogens is 1. The number of carbonyl (C=O) groups excluding carboxylic acids is 1. The maximum Gasteiger partial charge on any atom is 0.296 e. The molecule has 1 fully saturated rings. The van der Waals surface area contributed by atoms with E-state index in [9.17, 15) is 4.79 Å². The third kappa shape index (κ3) is 1.70. The van der Waals surface area contributed by atoms with Gasteiger partial charge in [0.05, 0.1) is 7.11 Å². The van der Waals surface area contributed by atoms with Crippen LogP contribution in [-0.4, -0.2) is 18.2 Å². The lowest BCUT2D eigenvalue weighted by Gasteiger charge is -1.94. The van der Waals surface area contributed by atoms with Crippen molar-refractivity contribution in [2.45, 2.75) is 18.8 Å². The molecule has 5 heteroatoms. The van der Waals surface area contributed by atoms with E-state index >= 15 is 0 Å². The maximum absolute atomic E-state index is 11.1. The Balaban J connectivity index is 2.07. The second-order valence-corrected chi connectivity index (χ2v) is 3.02. The van der Waals surface area contributed by atoms with Gasteiger partial charge in [0.25, 0.3) is 5.91 Å². The summed E-state index contributed by atoms with van der Waals surface area (Å²) < 4.78 is 4.99. The molecule has 0 spiro atoms. The van der Waals surface area contributed by atoms with Crippen LogP contribution in [0.25, 0.3) is 0 Å². The van der Waals surface area contributed by atoms with Crippen LogP contribution in [-0.2, 0) is 4.84 Å². The standard InChI is InChI=1S/C8H10N2O3/c1-12-10-8(11)6-4-7(13-9-6)5-2-3-5/h4-5H,2-3H2,1H3,(H,10,11). The van der Waals surface area contributed by atoms with Gasteiger partial charge in [-0.2, -0.15) is 0 Å². The van der Waals surface area contributed by atoms with E-state index in [4.69, 9.17) is 4.52 Å². The largest absolute Gasteiger partial charge is 0.360 e. The number of hydroxylamine groups is 1. The molecule has 1 N–H and O–H groups in total. The molecule has 1 aliphatic rings. The van der Waals surface area contributed by atoms with Gasteiger partial charge in [-0.25, -0.2) is 5.48 Å². The molecule has 1 heterocycles. The minimum atomic E-state index is -0.377. The molecule has 0 atom stereocenters. The van der Waals surface area contributed by atoms with E-state index in [0.717, 1.165) is 18.6 Å². The first kappa shape index (κ1) is 8.25. The fraction of sp³-hybridized carbons (Fsp3) is 0.500. The summed E-state index contributed by atoms with van der Waals surface area (Å²) >= 11 is 0. The fourth-order valence-electron chi connectivity index (χ4n) is 1.10. The highest BCUT2D eigenvalue weighted by atomic mass is 16.6. The first-order valence-electron chi connectivity index (χ1n) is 4.11. The molecule has 0 aliphatic heterocycles. The van der Waals surface area contributed by atoms with Gasteiger partial charge in [-0.05, 0) is 12.8 Å². The van der Waals surface area contributed by atoms with E-state index in [-0.39, 0.29) is 11.6 Å². The van der Waals surface area contributed by atoms with E-state index in [1.54, 1.807) is 6.07 Å². The molecule has 1 aliphatic carbocycles. The van der Waals surface area contributed by atoms with Crippen LogP contribution in [0.4, 0.5) is 0 Å². The fourth-order valence-corrected chi connectivity index (χ4v) is 1.10. The Morgan fingerprint density at radius 3 is 3.15 bits per heavy atom. The van der Waals surface area contributed by atoms with Crippen molar-refractivity contribution in [2.24, 2.45) is 0 Å². The predicted molar refractivity (Wildman–Crippen MR) is 43.0 cm³/mol. The van der Waals surface area contributed by atoms with E-state index < -0.39 is 0 Å². The molecule has 1 amide bonds. The lowest BCUT2D eigenvalue weighted by molar-refractivity contribution is 0.0528. The lowest BCUT2D eigenvalue weighted by atomic mass is 10.3. The summed E-state index contributed by atoms with van der Waals surface area (Å²) in [6.45, 7) is 0. The monoisotopic (exact) mass is 182 g/mol. The Kier molecular flexibility index (Phi) is 2.02. The normalized spacial score (nSPS) is 15.8. The van der Waals surface area contributed by atoms with Gasteiger partial charge in [-0.15, -0.1) is 0 Å². The van der Waals surface area contributed by atoms with Gasteiger partial charge < -0.3 is 4.52 Å². The second kappa shape index (κ2) is 3.18. The van der Waals surface area contributed by atoms with Gasteiger partial charge >= 0.3 is 0 Å². The Hall–Kier alpha value is -1.36. The molecule has 0 unspecified atom stereocenters. The lowest BCUT2D eigenvalue weighted by Crippen LogP contribution is -2.21. The van der Waals surface area contributed by atoms with Gasteiger partial charge in [0, 0.05) is 12.0 Å². The second-order valence-electron chi connectivity index (χ2n) is 3.02. The summed E-state index contributed by atoms with van der Waals surface area (Å²) in [5, 5.41) is 3.63. The van der Waals surface area contributed by atoms with Crippen molar-refractivity contribution in [3.8, 4) is 0 Å². The highest BCUT2D eigenvalue weighted by molar-refractivity contribution is 5.91. The molecule has 1 saturated carbocycles. The zero-order chi connectivity index (χ0) is 9.26. The minimum Gasteiger partial charge on any atom is -0.360 e. The molecular weight excluding hydrogens is 172 g/mol. The van der Waals surface area contributed by atoms with Crippen LogP contribution in [0.1, 0.15) is 35.0 Å². The van der Waals surface area contributed by atoms with Gasteiger partial charge in [-0.3, -0.25) is 9.63 Å². The quantitative estimate of drug-likeness (QED) is 0.703. The van der Waals surface area contributed by atoms with Gasteiger partial charge in [-0.1, -0.05) is 5.16 Å². The molecule has 0 saturated heterocycles. The highest BCUT2D eigenvalue weighted by Gasteiger charge is 2.28. The topological polar surface area (TPSA) is 64.4 Å². The number of hydrogen-bond acceptors (Lipinski definition) is 4. The SMILES string of the molecule is CONC(=O)c1cc(C2CC2)on1. The zero-order valence-electron chi connectivity index (χ0n) is 7.24. The smallest absolute Gasteiger partial charge is 0.296 e. The third-order valence-corrected chi connectivity index (χ3v) is 1.94. The summed E-state index contributed by atoms with van der Waals surface area (Å²) in [6, 6.07) is 1.66. The van der Waals surface area contributed by atoms with Crippen molar-refractivity contribution >= 4 is 5.91 Å². The van der Waals surface area contributed by atoms with Crippen molar-refractivity contribution in [3.05, 3.63) is 17.5 Å². The number of carbonyl (C=O) groups is 1. The average Bonchev–Trinajstić information content (AvgIpc) is 2.84. The van der Waals surface area contributed by atoms with Crippen LogP contribution in [0.2, 0.25) is 0 Å². The van der Waals surface area contributed by atoms with Crippen molar-refractivity contribution in [1.82, 2.24) is 10.6 Å². The van der Waals surface area contributed by atoms with E-state index in [1.165, 1.54) is 7.11 Å². The van der Waals surface area contributed by atoms with Gasteiger partial charge in [0.2, 0.25) is 0 Å². The van der Waals surface area contributed by atoms with E-state index in [1.807, 2.05) is 0 Å². The zero-order valence-corrected chi connectivity index (χ0v) is 7.24. The molecule has 70 valence electrons. The number of nitrogens with one attached hydrogen (secondary N) is 1. The van der Waals surface area contributed by atoms with Gasteiger partial charge in [0.15, 0.2) is 5.69 Å². The number of nitrogens with zero attached hydrogens (tertiary/aromatic N) is 1. The third-order valence-electron chi connectivity index (χ3n) is 1.94. The van der Waals surface area contributed by atoms with Crippen molar-refractivity contribution in [2.75, 3.05) is 7.11 Å². The average molecular weight is 182 g/mol. The summed E-state index contributed by atoms with van der Waals surface area (Å²) in [6.07, 6.45) is 2.25. The number of amides is 1. The maximum atomic E-state index is 11.1. The van der Waals surface area contributed by atoms with Crippen molar-refractivity contribution in [1.29, 1.82) is 0 Å². The van der Waals surface area contributed by atoms with Crippen LogP contribution in [0.15, 0.2) is 10.6 Å². The molecule has 0 radical (unpaired) electrons. The first-order valence-corrected chi connectivity index (χ1v) is 4.11. The molecule has 1 aromatic heterocycles. The Labute approximate surface area is 75.0 Å². The molecule has 13 heavy (non-hydrogen) atoms. The molecule has 0 bridgehead atoms. The van der Waals surface area contributed by atoms with E-state index in [2.05, 4.69) is 15.5 Å². The Morgan fingerprint density at radius 1 is 1.77 bits per heavy atom. The summed E-state index contributed by atoms with van der Waals surface area (Å²) in [7, 11) is 1.37. The summed E-state index contributed by atoms with van der Waals surface area (Å²) in [5.74, 6) is 0.885. The van der Waals surface area contributed by atoms with Crippen LogP contribution in [0.3, 0.4) is 0 Å². The highest BCUT2D eigenvalue weighted by Crippen LogP contribution is 2.40. The summed E-state index contributed by atoms with van der Waals surface area (Å²) in [5.41, 5.74) is 2.44. The Morgan fingerprint density at radius 2 is 2.54 bits per heavy atom. The molecule has 1 aromatic rings. The van der Waals surface area contributed by atoms with Crippen LogP contribution in [0, 0.1) is 0 Å². The van der Waals surface area contributed by atoms with Crippen LogP contribution in [0.5, 0.6) is 0 Å². The molecule has 0 aromatic carbocycles. The van der Waals surface area contributed by atoms with Gasteiger partial charge in [0.1, 0.15) is 5.76 Å². The molecular formula is C8H10N2O3.